The molecule has 0 aromatic heterocycles. The number of nitrogens with one attached hydrogen (secondary N) is 2. The number of carboxylic acid groups (broad SMARTS) is 1. The van der Waals surface area contributed by atoms with E-state index in [-0.39, 0.29) is 17.8 Å². The predicted octanol–water partition coefficient (Wildman–Crippen LogP) is 2.85. The number of amides is 2. The molecule has 21 heavy (non-hydrogen) atoms. The van der Waals surface area contributed by atoms with Crippen LogP contribution in [0.15, 0.2) is 48.5 Å². The van der Waals surface area contributed by atoms with E-state index in [1.165, 1.54) is 18.2 Å². The number of carbonyl (C=O) groups excluding carboxylic acids is 1. The summed E-state index contributed by atoms with van der Waals surface area (Å²) in [4.78, 5) is 22.7. The van der Waals surface area contributed by atoms with E-state index in [1.807, 2.05) is 0 Å². The topological polar surface area (TPSA) is 78.4 Å². The van der Waals surface area contributed by atoms with E-state index in [0.29, 0.717) is 5.56 Å². The van der Waals surface area contributed by atoms with Crippen molar-refractivity contribution in [2.45, 2.75) is 6.54 Å². The van der Waals surface area contributed by atoms with E-state index in [9.17, 15) is 14.0 Å². The Kier molecular flexibility index (Phi) is 4.50. The molecule has 0 saturated heterocycles. The van der Waals surface area contributed by atoms with Gasteiger partial charge < -0.3 is 15.7 Å². The van der Waals surface area contributed by atoms with Gasteiger partial charge in [-0.05, 0) is 18.2 Å². The van der Waals surface area contributed by atoms with Gasteiger partial charge in [-0.1, -0.05) is 30.3 Å². The van der Waals surface area contributed by atoms with Gasteiger partial charge in [0.2, 0.25) is 0 Å². The summed E-state index contributed by atoms with van der Waals surface area (Å²) in [7, 11) is 0. The summed E-state index contributed by atoms with van der Waals surface area (Å²) in [6.45, 7) is 0.00768. The van der Waals surface area contributed by atoms with Crippen molar-refractivity contribution in [2.75, 3.05) is 5.32 Å². The minimum Gasteiger partial charge on any atom is -0.478 e. The van der Waals surface area contributed by atoms with Crippen LogP contribution >= 0.6 is 0 Å². The molecule has 2 aromatic carbocycles. The smallest absolute Gasteiger partial charge is 0.337 e. The second kappa shape index (κ2) is 6.51. The maximum atomic E-state index is 13.4. The largest absolute Gasteiger partial charge is 0.478 e. The standard InChI is InChI=1S/C15H13FN2O3/c16-12-7-3-1-5-10(12)9-17-15(21)18-13-8-4-2-6-11(13)14(19)20/h1-8H,9H2,(H,19,20)(H2,17,18,21). The van der Waals surface area contributed by atoms with Crippen LogP contribution in [0.3, 0.4) is 0 Å². The molecule has 3 N–H and O–H groups in total. The number of carbonyl (C=O) groups is 2. The molecule has 2 amide bonds. The van der Waals surface area contributed by atoms with Gasteiger partial charge in [0.25, 0.3) is 0 Å². The second-order valence-electron chi connectivity index (χ2n) is 4.25. The Hall–Kier alpha value is -2.89. The van der Waals surface area contributed by atoms with Gasteiger partial charge in [-0.15, -0.1) is 0 Å². The van der Waals surface area contributed by atoms with Crippen molar-refractivity contribution in [3.63, 3.8) is 0 Å². The first kappa shape index (κ1) is 14.5. The molecule has 0 unspecified atom stereocenters. The van der Waals surface area contributed by atoms with E-state index in [1.54, 1.807) is 30.3 Å². The van der Waals surface area contributed by atoms with Crippen molar-refractivity contribution >= 4 is 17.7 Å². The number of hydrogen-bond donors (Lipinski definition) is 3. The molecule has 0 fully saturated rings. The van der Waals surface area contributed by atoms with Gasteiger partial charge in [0.05, 0.1) is 11.3 Å². The number of benzene rings is 2. The third kappa shape index (κ3) is 3.79. The summed E-state index contributed by atoms with van der Waals surface area (Å²) in [6, 6.07) is 11.5. The molecule has 0 spiro atoms. The minimum atomic E-state index is -1.14. The lowest BCUT2D eigenvalue weighted by Gasteiger charge is -2.10. The number of carboxylic acids is 1. The number of anilines is 1. The molecule has 2 rings (SSSR count). The lowest BCUT2D eigenvalue weighted by Crippen LogP contribution is -2.29. The first-order valence-electron chi connectivity index (χ1n) is 6.18. The zero-order chi connectivity index (χ0) is 15.2. The molecule has 2 aromatic rings. The van der Waals surface area contributed by atoms with Crippen LogP contribution in [0.4, 0.5) is 14.9 Å². The number of aromatic carboxylic acids is 1. The van der Waals surface area contributed by atoms with Gasteiger partial charge in [0.1, 0.15) is 5.82 Å². The van der Waals surface area contributed by atoms with Crippen LogP contribution in [0.25, 0.3) is 0 Å². The Bertz CT molecular complexity index is 673. The summed E-state index contributed by atoms with van der Waals surface area (Å²) >= 11 is 0. The third-order valence-corrected chi connectivity index (χ3v) is 2.80. The van der Waals surface area contributed by atoms with Gasteiger partial charge in [-0.2, -0.15) is 0 Å². The number of para-hydroxylation sites is 1. The second-order valence-corrected chi connectivity index (χ2v) is 4.25. The summed E-state index contributed by atoms with van der Waals surface area (Å²) in [6.07, 6.45) is 0. The molecule has 0 saturated carbocycles. The molecule has 6 heteroatoms. The lowest BCUT2D eigenvalue weighted by atomic mass is 10.2. The maximum Gasteiger partial charge on any atom is 0.337 e. The zero-order valence-electron chi connectivity index (χ0n) is 11.0. The maximum absolute atomic E-state index is 13.4. The van der Waals surface area contributed by atoms with E-state index < -0.39 is 17.8 Å². The van der Waals surface area contributed by atoms with E-state index in [2.05, 4.69) is 10.6 Å². The van der Waals surface area contributed by atoms with Crippen LogP contribution in [0.2, 0.25) is 0 Å². The average molecular weight is 288 g/mol. The van der Waals surface area contributed by atoms with Crippen LogP contribution in [-0.2, 0) is 6.54 Å². The highest BCUT2D eigenvalue weighted by Gasteiger charge is 2.11. The fraction of sp³-hybridized carbons (Fsp3) is 0.0667. The number of urea groups is 1. The molecule has 0 radical (unpaired) electrons. The van der Waals surface area contributed by atoms with Crippen LogP contribution in [0.1, 0.15) is 15.9 Å². The number of hydrogen-bond acceptors (Lipinski definition) is 2. The Morgan fingerprint density at radius 3 is 2.43 bits per heavy atom. The Labute approximate surface area is 120 Å². The van der Waals surface area contributed by atoms with Gasteiger partial charge >= 0.3 is 12.0 Å². The van der Waals surface area contributed by atoms with Gasteiger partial charge in [-0.25, -0.2) is 14.0 Å². The highest BCUT2D eigenvalue weighted by molar-refractivity contribution is 5.99. The van der Waals surface area contributed by atoms with Crippen molar-refractivity contribution in [1.82, 2.24) is 5.32 Å². The van der Waals surface area contributed by atoms with E-state index in [0.717, 1.165) is 0 Å². The number of halogens is 1. The molecule has 0 aliphatic carbocycles. The normalized spacial score (nSPS) is 9.95. The molecule has 0 aliphatic heterocycles. The van der Waals surface area contributed by atoms with Crippen LogP contribution in [-0.4, -0.2) is 17.1 Å². The molecule has 108 valence electrons. The van der Waals surface area contributed by atoms with Gasteiger partial charge in [0.15, 0.2) is 0 Å². The zero-order valence-corrected chi connectivity index (χ0v) is 11.0. The highest BCUT2D eigenvalue weighted by Crippen LogP contribution is 2.14. The molecule has 5 nitrogen and oxygen atoms in total. The first-order chi connectivity index (χ1) is 10.1. The Balaban J connectivity index is 2.00. The molecule has 0 bridgehead atoms. The molecule has 0 atom stereocenters. The monoisotopic (exact) mass is 288 g/mol. The van der Waals surface area contributed by atoms with E-state index in [4.69, 9.17) is 5.11 Å². The fourth-order valence-corrected chi connectivity index (χ4v) is 1.76. The summed E-state index contributed by atoms with van der Waals surface area (Å²) < 4.78 is 13.4. The minimum absolute atomic E-state index is 0.00768. The van der Waals surface area contributed by atoms with Crippen LogP contribution in [0.5, 0.6) is 0 Å². The van der Waals surface area contributed by atoms with Gasteiger partial charge in [0, 0.05) is 12.1 Å². The summed E-state index contributed by atoms with van der Waals surface area (Å²) in [5.74, 6) is -1.55. The summed E-state index contributed by atoms with van der Waals surface area (Å²) in [5, 5.41) is 13.9. The van der Waals surface area contributed by atoms with Crippen molar-refractivity contribution in [2.24, 2.45) is 0 Å². The Morgan fingerprint density at radius 1 is 1.05 bits per heavy atom. The average Bonchev–Trinajstić information content (AvgIpc) is 2.47. The molecular weight excluding hydrogens is 275 g/mol. The van der Waals surface area contributed by atoms with E-state index >= 15 is 0 Å². The van der Waals surface area contributed by atoms with Crippen molar-refractivity contribution in [3.8, 4) is 0 Å². The number of rotatable bonds is 4. The molecule has 0 aliphatic rings. The third-order valence-electron chi connectivity index (χ3n) is 2.80. The fourth-order valence-electron chi connectivity index (χ4n) is 1.76. The van der Waals surface area contributed by atoms with Crippen molar-refractivity contribution in [3.05, 3.63) is 65.5 Å². The Morgan fingerprint density at radius 2 is 1.71 bits per heavy atom. The quantitative estimate of drug-likeness (QED) is 0.809. The SMILES string of the molecule is O=C(NCc1ccccc1F)Nc1ccccc1C(=O)O. The highest BCUT2D eigenvalue weighted by atomic mass is 19.1. The molecular formula is C15H13FN2O3. The van der Waals surface area contributed by atoms with Crippen molar-refractivity contribution < 1.29 is 19.1 Å². The molecule has 0 heterocycles. The van der Waals surface area contributed by atoms with Gasteiger partial charge in [-0.3, -0.25) is 0 Å². The lowest BCUT2D eigenvalue weighted by molar-refractivity contribution is 0.0698. The summed E-state index contributed by atoms with van der Waals surface area (Å²) in [5.41, 5.74) is 0.508. The van der Waals surface area contributed by atoms with Crippen LogP contribution < -0.4 is 10.6 Å². The van der Waals surface area contributed by atoms with Crippen LogP contribution in [0, 0.1) is 5.82 Å². The van der Waals surface area contributed by atoms with Crippen molar-refractivity contribution in [1.29, 1.82) is 0 Å². The first-order valence-corrected chi connectivity index (χ1v) is 6.18. The predicted molar refractivity (Wildman–Crippen MR) is 75.7 cm³/mol.